The van der Waals surface area contributed by atoms with Gasteiger partial charge in [0, 0.05) is 31.7 Å². The zero-order chi connectivity index (χ0) is 18.2. The number of hydrogen-bond donors (Lipinski definition) is 1. The summed E-state index contributed by atoms with van der Waals surface area (Å²) in [5.74, 6) is 0.889. The predicted octanol–water partition coefficient (Wildman–Crippen LogP) is 3.51. The first-order chi connectivity index (χ1) is 12.0. The third-order valence-corrected chi connectivity index (χ3v) is 4.63. The largest absolute Gasteiger partial charge is 0.435 e. The topological polar surface area (TPSA) is 49.8 Å². The monoisotopic (exact) mass is 368 g/mol. The van der Waals surface area contributed by atoms with E-state index in [-0.39, 0.29) is 5.75 Å². The zero-order valence-electron chi connectivity index (χ0n) is 14.5. The van der Waals surface area contributed by atoms with Crippen molar-refractivity contribution < 1.29 is 13.5 Å². The van der Waals surface area contributed by atoms with Crippen molar-refractivity contribution >= 4 is 17.3 Å². The van der Waals surface area contributed by atoms with Crippen LogP contribution in [0.2, 0.25) is 0 Å². The molecule has 0 aliphatic heterocycles. The van der Waals surface area contributed by atoms with Gasteiger partial charge in [-0.25, -0.2) is 4.98 Å². The summed E-state index contributed by atoms with van der Waals surface area (Å²) in [5, 5.41) is 4.29. The smallest absolute Gasteiger partial charge is 0.387 e. The third kappa shape index (κ3) is 5.97. The van der Waals surface area contributed by atoms with Gasteiger partial charge >= 0.3 is 6.61 Å². The van der Waals surface area contributed by atoms with Gasteiger partial charge in [-0.2, -0.15) is 8.78 Å². The zero-order valence-corrected chi connectivity index (χ0v) is 15.3. The van der Waals surface area contributed by atoms with Crippen LogP contribution in [0.15, 0.2) is 35.5 Å². The Labute approximate surface area is 150 Å². The highest BCUT2D eigenvalue weighted by Gasteiger charge is 2.09. The molecule has 2 aromatic rings. The number of hydrogen-bond acceptors (Lipinski definition) is 4. The minimum absolute atomic E-state index is 0.152. The van der Waals surface area contributed by atoms with Crippen molar-refractivity contribution in [3.63, 3.8) is 0 Å². The van der Waals surface area contributed by atoms with E-state index in [1.54, 1.807) is 30.5 Å². The molecule has 25 heavy (non-hydrogen) atoms. The van der Waals surface area contributed by atoms with Gasteiger partial charge in [-0.15, -0.1) is 11.3 Å². The first-order valence-electron chi connectivity index (χ1n) is 7.91. The van der Waals surface area contributed by atoms with E-state index in [2.05, 4.69) is 27.0 Å². The van der Waals surface area contributed by atoms with Crippen LogP contribution in [-0.4, -0.2) is 36.6 Å². The highest BCUT2D eigenvalue weighted by Crippen LogP contribution is 2.16. The molecule has 5 nitrogen and oxygen atoms in total. The van der Waals surface area contributed by atoms with Crippen LogP contribution < -0.4 is 10.1 Å². The minimum atomic E-state index is -2.81. The second kappa shape index (κ2) is 9.31. The highest BCUT2D eigenvalue weighted by molar-refractivity contribution is 7.11. The highest BCUT2D eigenvalue weighted by atomic mass is 32.1. The van der Waals surface area contributed by atoms with Gasteiger partial charge in [-0.05, 0) is 24.1 Å². The lowest BCUT2D eigenvalue weighted by Crippen LogP contribution is -2.38. The first kappa shape index (κ1) is 19.1. The van der Waals surface area contributed by atoms with Crippen LogP contribution in [0.3, 0.4) is 0 Å². The van der Waals surface area contributed by atoms with Crippen molar-refractivity contribution in [1.82, 2.24) is 15.2 Å². The van der Waals surface area contributed by atoms with E-state index in [0.717, 1.165) is 23.0 Å². The Balaban J connectivity index is 1.89. The maximum Gasteiger partial charge on any atom is 0.387 e. The Morgan fingerprint density at radius 3 is 2.64 bits per heavy atom. The molecule has 2 rings (SSSR count). The molecule has 0 saturated carbocycles. The number of halogens is 2. The number of alkyl halides is 2. The fraction of sp³-hybridized carbons (Fsp3) is 0.412. The van der Waals surface area contributed by atoms with Gasteiger partial charge in [-0.3, -0.25) is 4.99 Å². The molecule has 0 saturated heterocycles. The number of aliphatic imine (C=N–C) groups is 1. The SMILES string of the molecule is CCc1cnc(CNC(=NC)N(C)Cc2ccc(OC(F)F)cc2)s1. The molecule has 1 aromatic carbocycles. The van der Waals surface area contributed by atoms with E-state index in [1.165, 1.54) is 17.0 Å². The minimum Gasteiger partial charge on any atom is -0.435 e. The maximum absolute atomic E-state index is 12.2. The molecule has 0 fully saturated rings. The molecule has 0 bridgehead atoms. The van der Waals surface area contributed by atoms with E-state index in [9.17, 15) is 8.78 Å². The van der Waals surface area contributed by atoms with Gasteiger partial charge in [0.05, 0.1) is 6.54 Å². The molecule has 8 heteroatoms. The van der Waals surface area contributed by atoms with Crippen LogP contribution in [0.5, 0.6) is 5.75 Å². The van der Waals surface area contributed by atoms with Crippen molar-refractivity contribution in [2.45, 2.75) is 33.0 Å². The fourth-order valence-electron chi connectivity index (χ4n) is 2.26. The van der Waals surface area contributed by atoms with Crippen LogP contribution in [0.25, 0.3) is 0 Å². The van der Waals surface area contributed by atoms with E-state index in [4.69, 9.17) is 0 Å². The quantitative estimate of drug-likeness (QED) is 0.600. The van der Waals surface area contributed by atoms with Gasteiger partial charge in [0.1, 0.15) is 10.8 Å². The summed E-state index contributed by atoms with van der Waals surface area (Å²) in [6.45, 7) is 0.501. The summed E-state index contributed by atoms with van der Waals surface area (Å²) in [5.41, 5.74) is 0.967. The number of nitrogens with zero attached hydrogens (tertiary/aromatic N) is 3. The van der Waals surface area contributed by atoms with Crippen molar-refractivity contribution in [2.24, 2.45) is 4.99 Å². The number of aromatic nitrogens is 1. The molecule has 1 aromatic heterocycles. The van der Waals surface area contributed by atoms with Crippen molar-refractivity contribution in [1.29, 1.82) is 0 Å². The summed E-state index contributed by atoms with van der Waals surface area (Å²) >= 11 is 1.69. The summed E-state index contributed by atoms with van der Waals surface area (Å²) in [6.07, 6.45) is 2.88. The van der Waals surface area contributed by atoms with Crippen LogP contribution in [0.1, 0.15) is 22.4 Å². The van der Waals surface area contributed by atoms with Crippen molar-refractivity contribution in [2.75, 3.05) is 14.1 Å². The molecule has 0 aliphatic carbocycles. The summed E-state index contributed by atoms with van der Waals surface area (Å²) < 4.78 is 28.7. The molecule has 1 N–H and O–H groups in total. The normalized spacial score (nSPS) is 11.7. The van der Waals surface area contributed by atoms with Crippen molar-refractivity contribution in [3.05, 3.63) is 45.9 Å². The molecule has 1 heterocycles. The van der Waals surface area contributed by atoms with Crippen LogP contribution in [0.4, 0.5) is 8.78 Å². The average Bonchev–Trinajstić information content (AvgIpc) is 3.05. The van der Waals surface area contributed by atoms with Crippen LogP contribution in [0, 0.1) is 0 Å². The number of rotatable bonds is 7. The molecule has 0 aliphatic rings. The lowest BCUT2D eigenvalue weighted by atomic mass is 10.2. The summed E-state index contributed by atoms with van der Waals surface area (Å²) in [7, 11) is 3.63. The molecule has 0 unspecified atom stereocenters. The van der Waals surface area contributed by atoms with Crippen LogP contribution in [-0.2, 0) is 19.5 Å². The Morgan fingerprint density at radius 1 is 1.36 bits per heavy atom. The Kier molecular flexibility index (Phi) is 7.12. The maximum atomic E-state index is 12.2. The first-order valence-corrected chi connectivity index (χ1v) is 8.72. The number of aryl methyl sites for hydroxylation is 1. The molecular formula is C17H22F2N4OS. The number of thiazole rings is 1. The van der Waals surface area contributed by atoms with E-state index in [0.29, 0.717) is 13.1 Å². The molecule has 0 spiro atoms. The number of benzene rings is 1. The second-order valence-electron chi connectivity index (χ2n) is 5.35. The van der Waals surface area contributed by atoms with Gasteiger partial charge < -0.3 is 15.0 Å². The molecule has 0 amide bonds. The summed E-state index contributed by atoms with van der Waals surface area (Å²) in [6, 6.07) is 6.59. The van der Waals surface area contributed by atoms with Gasteiger partial charge in [0.15, 0.2) is 5.96 Å². The van der Waals surface area contributed by atoms with Gasteiger partial charge in [0.25, 0.3) is 0 Å². The predicted molar refractivity (Wildman–Crippen MR) is 96.2 cm³/mol. The molecule has 0 atom stereocenters. The lowest BCUT2D eigenvalue weighted by molar-refractivity contribution is -0.0498. The Morgan fingerprint density at radius 2 is 2.08 bits per heavy atom. The fourth-order valence-corrected chi connectivity index (χ4v) is 3.06. The number of guanidine groups is 1. The number of nitrogens with one attached hydrogen (secondary N) is 1. The van der Waals surface area contributed by atoms with E-state index in [1.807, 2.05) is 18.1 Å². The molecule has 0 radical (unpaired) electrons. The van der Waals surface area contributed by atoms with Gasteiger partial charge in [0.2, 0.25) is 0 Å². The Bertz CT molecular complexity index is 688. The standard InChI is InChI=1S/C17H22F2N4OS/c1-4-14-9-21-15(25-14)10-22-17(20-2)23(3)11-12-5-7-13(8-6-12)24-16(18)19/h5-9,16H,4,10-11H2,1-3H3,(H,20,22). The third-order valence-electron chi connectivity index (χ3n) is 3.49. The molecule has 136 valence electrons. The molecular weight excluding hydrogens is 346 g/mol. The lowest BCUT2D eigenvalue weighted by Gasteiger charge is -2.22. The van der Waals surface area contributed by atoms with Crippen LogP contribution >= 0.6 is 11.3 Å². The number of ether oxygens (including phenoxy) is 1. The van der Waals surface area contributed by atoms with E-state index < -0.39 is 6.61 Å². The Hall–Kier alpha value is -2.22. The van der Waals surface area contributed by atoms with Crippen molar-refractivity contribution in [3.8, 4) is 5.75 Å². The second-order valence-corrected chi connectivity index (χ2v) is 6.55. The van der Waals surface area contributed by atoms with E-state index >= 15 is 0 Å². The summed E-state index contributed by atoms with van der Waals surface area (Å²) in [4.78, 5) is 11.9. The average molecular weight is 368 g/mol. The van der Waals surface area contributed by atoms with Gasteiger partial charge in [-0.1, -0.05) is 19.1 Å².